The van der Waals surface area contributed by atoms with Crippen LogP contribution in [0.15, 0.2) is 24.3 Å². The van der Waals surface area contributed by atoms with Crippen LogP contribution >= 0.6 is 70.6 Å². The second-order valence-corrected chi connectivity index (χ2v) is 17.4. The highest BCUT2D eigenvalue weighted by Gasteiger charge is 2.32. The highest BCUT2D eigenvalue weighted by Crippen LogP contribution is 2.47. The number of ether oxygens (including phenoxy) is 2. The summed E-state index contributed by atoms with van der Waals surface area (Å²) in [5.74, 6) is 3.65. The van der Waals surface area contributed by atoms with E-state index in [-0.39, 0.29) is 16.0 Å². The molecule has 0 aromatic carbocycles. The quantitative estimate of drug-likeness (QED) is 0.173. The van der Waals surface area contributed by atoms with Gasteiger partial charge in [0, 0.05) is 44.7 Å². The third-order valence-electron chi connectivity index (χ3n) is 4.26. The third-order valence-corrected chi connectivity index (χ3v) is 14.7. The van der Waals surface area contributed by atoms with Gasteiger partial charge in [0.2, 0.25) is 0 Å². The molecular weight excluding hydrogens is 509 g/mol. The van der Waals surface area contributed by atoms with E-state index in [9.17, 15) is 9.59 Å². The Balaban J connectivity index is 1.61. The van der Waals surface area contributed by atoms with Gasteiger partial charge in [-0.1, -0.05) is 13.2 Å². The molecule has 0 spiro atoms. The summed E-state index contributed by atoms with van der Waals surface area (Å²) in [5.41, 5.74) is 0.915. The summed E-state index contributed by atoms with van der Waals surface area (Å²) in [6, 6.07) is 0. The minimum absolute atomic E-state index is 0.150. The SMILES string of the molecule is C=C(C)C(=O)OCC1CSC(CSC(C)(C)SCC2SCC(COC(=O)C(=C)C)S2)S1. The maximum Gasteiger partial charge on any atom is 0.333 e. The van der Waals surface area contributed by atoms with Crippen molar-refractivity contribution in [1.29, 1.82) is 0 Å². The molecule has 0 aromatic heterocycles. The minimum atomic E-state index is -0.292. The number of carbonyl (C=O) groups excluding carboxylic acids is 2. The van der Waals surface area contributed by atoms with E-state index in [4.69, 9.17) is 9.47 Å². The molecule has 31 heavy (non-hydrogen) atoms. The number of hydrogen-bond donors (Lipinski definition) is 0. The van der Waals surface area contributed by atoms with Gasteiger partial charge < -0.3 is 9.47 Å². The van der Waals surface area contributed by atoms with Crippen molar-refractivity contribution in [2.75, 3.05) is 36.2 Å². The fraction of sp³-hybridized carbons (Fsp3) is 0.714. The van der Waals surface area contributed by atoms with Gasteiger partial charge in [-0.2, -0.15) is 0 Å². The first-order valence-electron chi connectivity index (χ1n) is 10.0. The van der Waals surface area contributed by atoms with Crippen LogP contribution in [0.5, 0.6) is 0 Å². The van der Waals surface area contributed by atoms with Crippen LogP contribution in [0.4, 0.5) is 0 Å². The van der Waals surface area contributed by atoms with Crippen molar-refractivity contribution in [2.24, 2.45) is 0 Å². The second-order valence-electron chi connectivity index (χ2n) is 7.82. The topological polar surface area (TPSA) is 52.6 Å². The van der Waals surface area contributed by atoms with E-state index in [1.807, 2.05) is 70.6 Å². The zero-order chi connectivity index (χ0) is 23.0. The first kappa shape index (κ1) is 27.8. The molecule has 2 saturated heterocycles. The molecule has 4 atom stereocenters. The lowest BCUT2D eigenvalue weighted by molar-refractivity contribution is -0.139. The predicted molar refractivity (Wildman–Crippen MR) is 146 cm³/mol. The Morgan fingerprint density at radius 1 is 0.871 bits per heavy atom. The lowest BCUT2D eigenvalue weighted by Gasteiger charge is -2.26. The summed E-state index contributed by atoms with van der Waals surface area (Å²) in [6.07, 6.45) is 0. The summed E-state index contributed by atoms with van der Waals surface area (Å²) in [6.45, 7) is 16.2. The van der Waals surface area contributed by atoms with E-state index >= 15 is 0 Å². The monoisotopic (exact) mass is 540 g/mol. The second kappa shape index (κ2) is 13.4. The molecule has 2 fully saturated rings. The van der Waals surface area contributed by atoms with Crippen LogP contribution in [0.2, 0.25) is 0 Å². The molecule has 4 nitrogen and oxygen atoms in total. The van der Waals surface area contributed by atoms with Crippen LogP contribution in [0.3, 0.4) is 0 Å². The first-order valence-corrected chi connectivity index (χ1v) is 16.0. The van der Waals surface area contributed by atoms with Gasteiger partial charge in [0.05, 0.1) is 13.2 Å². The molecule has 0 saturated carbocycles. The summed E-state index contributed by atoms with van der Waals surface area (Å²) in [4.78, 5) is 23.1. The highest BCUT2D eigenvalue weighted by molar-refractivity contribution is 8.24. The zero-order valence-corrected chi connectivity index (χ0v) is 23.4. The molecule has 0 amide bonds. The van der Waals surface area contributed by atoms with Gasteiger partial charge in [0.25, 0.3) is 0 Å². The number of carbonyl (C=O) groups is 2. The van der Waals surface area contributed by atoms with Crippen LogP contribution in [0.25, 0.3) is 0 Å². The van der Waals surface area contributed by atoms with E-state index in [0.29, 0.717) is 44.0 Å². The van der Waals surface area contributed by atoms with Gasteiger partial charge in [-0.05, 0) is 27.7 Å². The van der Waals surface area contributed by atoms with Crippen LogP contribution < -0.4 is 0 Å². The van der Waals surface area contributed by atoms with Crippen LogP contribution in [0.1, 0.15) is 27.7 Å². The van der Waals surface area contributed by atoms with Gasteiger partial charge >= 0.3 is 11.9 Å². The lowest BCUT2D eigenvalue weighted by Crippen LogP contribution is -2.18. The van der Waals surface area contributed by atoms with Crippen molar-refractivity contribution in [2.45, 2.75) is 51.4 Å². The molecule has 0 bridgehead atoms. The summed E-state index contributed by atoms with van der Waals surface area (Å²) >= 11 is 11.8. The molecule has 2 aliphatic heterocycles. The van der Waals surface area contributed by atoms with Gasteiger partial charge in [-0.25, -0.2) is 9.59 Å². The number of hydrogen-bond acceptors (Lipinski definition) is 10. The average molecular weight is 541 g/mol. The largest absolute Gasteiger partial charge is 0.461 e. The van der Waals surface area contributed by atoms with Crippen molar-refractivity contribution < 1.29 is 19.1 Å². The van der Waals surface area contributed by atoms with Gasteiger partial charge in [0.15, 0.2) is 0 Å². The Bertz CT molecular complexity index is 614. The standard InChI is InChI=1S/C21H32O4S6/c1-13(2)19(22)24-7-15-9-26-17(30-15)11-28-21(5,6)29-12-18-27-10-16(31-18)8-25-20(23)14(3)4/h15-18H,1,3,7-12H2,2,4-6H3. The molecule has 0 aromatic rings. The van der Waals surface area contributed by atoms with Crippen LogP contribution in [0, 0.1) is 0 Å². The molecule has 2 aliphatic rings. The number of esters is 2. The normalized spacial score (nSPS) is 25.9. The Hall–Kier alpha value is 0.520. The zero-order valence-electron chi connectivity index (χ0n) is 18.5. The van der Waals surface area contributed by atoms with Crippen molar-refractivity contribution in [3.05, 3.63) is 24.3 Å². The van der Waals surface area contributed by atoms with Crippen LogP contribution in [-0.4, -0.2) is 71.9 Å². The lowest BCUT2D eigenvalue weighted by atomic mass is 10.4. The first-order chi connectivity index (χ1) is 14.6. The fourth-order valence-corrected chi connectivity index (χ4v) is 11.9. The molecule has 0 aliphatic carbocycles. The van der Waals surface area contributed by atoms with E-state index in [1.165, 1.54) is 0 Å². The van der Waals surface area contributed by atoms with E-state index in [2.05, 4.69) is 27.0 Å². The van der Waals surface area contributed by atoms with Gasteiger partial charge in [0.1, 0.15) is 13.2 Å². The molecular formula is C21H32O4S6. The van der Waals surface area contributed by atoms with Gasteiger partial charge in [-0.3, -0.25) is 0 Å². The van der Waals surface area contributed by atoms with E-state index in [1.54, 1.807) is 13.8 Å². The molecule has 2 rings (SSSR count). The Morgan fingerprint density at radius 2 is 1.26 bits per heavy atom. The number of rotatable bonds is 12. The van der Waals surface area contributed by atoms with Crippen molar-refractivity contribution >= 4 is 82.5 Å². The Morgan fingerprint density at radius 3 is 1.61 bits per heavy atom. The molecule has 176 valence electrons. The predicted octanol–water partition coefficient (Wildman–Crippen LogP) is 5.78. The third kappa shape index (κ3) is 10.5. The maximum absolute atomic E-state index is 11.6. The molecule has 2 heterocycles. The summed E-state index contributed by atoms with van der Waals surface area (Å²) in [5, 5.41) is 0.744. The van der Waals surface area contributed by atoms with Gasteiger partial charge in [-0.15, -0.1) is 70.6 Å². The van der Waals surface area contributed by atoms with E-state index < -0.39 is 0 Å². The molecule has 4 unspecified atom stereocenters. The number of thioether (sulfide) groups is 6. The minimum Gasteiger partial charge on any atom is -0.461 e. The highest BCUT2D eigenvalue weighted by atomic mass is 32.2. The molecule has 10 heteroatoms. The summed E-state index contributed by atoms with van der Waals surface area (Å²) < 4.78 is 11.8. The molecule has 0 N–H and O–H groups in total. The average Bonchev–Trinajstić information content (AvgIpc) is 3.36. The Kier molecular flexibility index (Phi) is 12.0. The smallest absolute Gasteiger partial charge is 0.333 e. The maximum atomic E-state index is 11.6. The molecule has 0 radical (unpaired) electrons. The summed E-state index contributed by atoms with van der Waals surface area (Å²) in [7, 11) is 0. The van der Waals surface area contributed by atoms with Crippen molar-refractivity contribution in [1.82, 2.24) is 0 Å². The van der Waals surface area contributed by atoms with Crippen molar-refractivity contribution in [3.8, 4) is 0 Å². The Labute approximate surface area is 212 Å². The van der Waals surface area contributed by atoms with E-state index in [0.717, 1.165) is 23.0 Å². The van der Waals surface area contributed by atoms with Crippen LogP contribution in [-0.2, 0) is 19.1 Å². The fourth-order valence-electron chi connectivity index (χ4n) is 2.53. The van der Waals surface area contributed by atoms with Crippen molar-refractivity contribution in [3.63, 3.8) is 0 Å².